The van der Waals surface area contributed by atoms with Gasteiger partial charge in [-0.1, -0.05) is 50.6 Å². The average molecular weight is 249 g/mol. The molecule has 2 atom stereocenters. The van der Waals surface area contributed by atoms with Crippen LogP contribution >= 0.6 is 0 Å². The number of carboxylic acids is 1. The molecule has 1 aromatic carbocycles. The van der Waals surface area contributed by atoms with Crippen LogP contribution in [0.2, 0.25) is 0 Å². The van der Waals surface area contributed by atoms with E-state index in [4.69, 9.17) is 0 Å². The first-order valence-corrected chi connectivity index (χ1v) is 6.63. The van der Waals surface area contributed by atoms with E-state index in [0.29, 0.717) is 6.42 Å². The molecule has 2 unspecified atom stereocenters. The molecular formula is C15H23NO2. The molecule has 0 aliphatic heterocycles. The van der Waals surface area contributed by atoms with Crippen LogP contribution in [0, 0.1) is 0 Å². The lowest BCUT2D eigenvalue weighted by molar-refractivity contribution is -0.146. The highest BCUT2D eigenvalue weighted by Gasteiger charge is 2.39. The van der Waals surface area contributed by atoms with Crippen molar-refractivity contribution < 1.29 is 9.90 Å². The molecule has 0 aliphatic carbocycles. The molecule has 18 heavy (non-hydrogen) atoms. The maximum absolute atomic E-state index is 11.7. The first kappa shape index (κ1) is 14.7. The van der Waals surface area contributed by atoms with E-state index in [1.165, 1.54) is 0 Å². The Labute approximate surface area is 109 Å². The van der Waals surface area contributed by atoms with Crippen LogP contribution in [0.3, 0.4) is 0 Å². The van der Waals surface area contributed by atoms with Crippen LogP contribution in [-0.2, 0) is 10.3 Å². The summed E-state index contributed by atoms with van der Waals surface area (Å²) in [4.78, 5) is 11.7. The smallest absolute Gasteiger partial charge is 0.328 e. The molecule has 0 amide bonds. The molecule has 0 bridgehead atoms. The van der Waals surface area contributed by atoms with Crippen molar-refractivity contribution >= 4 is 5.97 Å². The van der Waals surface area contributed by atoms with Crippen LogP contribution in [0.1, 0.15) is 45.6 Å². The molecule has 0 fully saturated rings. The van der Waals surface area contributed by atoms with Crippen molar-refractivity contribution in [3.05, 3.63) is 35.9 Å². The first-order chi connectivity index (χ1) is 8.56. The predicted molar refractivity (Wildman–Crippen MR) is 73.6 cm³/mol. The lowest BCUT2D eigenvalue weighted by atomic mass is 9.86. The number of hydrogen-bond donors (Lipinski definition) is 2. The molecule has 1 rings (SSSR count). The highest BCUT2D eigenvalue weighted by atomic mass is 16.4. The van der Waals surface area contributed by atoms with Crippen LogP contribution in [0.4, 0.5) is 0 Å². The van der Waals surface area contributed by atoms with Crippen molar-refractivity contribution in [2.45, 2.75) is 51.6 Å². The second-order valence-electron chi connectivity index (χ2n) is 4.76. The van der Waals surface area contributed by atoms with Gasteiger partial charge in [0.15, 0.2) is 0 Å². The first-order valence-electron chi connectivity index (χ1n) is 6.63. The summed E-state index contributed by atoms with van der Waals surface area (Å²) in [6, 6.07) is 9.61. The van der Waals surface area contributed by atoms with Crippen LogP contribution < -0.4 is 5.32 Å². The predicted octanol–water partition coefficient (Wildman–Crippen LogP) is 3.15. The van der Waals surface area contributed by atoms with E-state index in [1.54, 1.807) is 0 Å². The van der Waals surface area contributed by atoms with E-state index in [2.05, 4.69) is 12.2 Å². The highest BCUT2D eigenvalue weighted by Crippen LogP contribution is 2.26. The van der Waals surface area contributed by atoms with Crippen LogP contribution in [0.5, 0.6) is 0 Å². The van der Waals surface area contributed by atoms with Crippen molar-refractivity contribution in [1.29, 1.82) is 0 Å². The summed E-state index contributed by atoms with van der Waals surface area (Å²) in [6.45, 7) is 6.06. The molecule has 0 saturated carbocycles. The topological polar surface area (TPSA) is 49.3 Å². The quantitative estimate of drug-likeness (QED) is 0.780. The van der Waals surface area contributed by atoms with Crippen molar-refractivity contribution in [3.8, 4) is 0 Å². The minimum Gasteiger partial charge on any atom is -0.480 e. The standard InChI is InChI=1S/C15H23NO2/c1-4-9-12(3)16-15(5-2,14(17)18)13-10-7-6-8-11-13/h6-8,10-12,16H,4-5,9H2,1-3H3,(H,17,18). The molecule has 1 aromatic rings. The fourth-order valence-corrected chi connectivity index (χ4v) is 2.37. The molecule has 100 valence electrons. The number of carboxylic acid groups (broad SMARTS) is 1. The molecule has 2 N–H and O–H groups in total. The minimum atomic E-state index is -0.976. The van der Waals surface area contributed by atoms with Crippen molar-refractivity contribution in [1.82, 2.24) is 5.32 Å². The molecule has 0 aromatic heterocycles. The third-order valence-corrected chi connectivity index (χ3v) is 3.38. The van der Waals surface area contributed by atoms with E-state index in [1.807, 2.05) is 44.2 Å². The van der Waals surface area contributed by atoms with Gasteiger partial charge in [-0.25, -0.2) is 4.79 Å². The van der Waals surface area contributed by atoms with Gasteiger partial charge in [0.05, 0.1) is 0 Å². The number of aliphatic carboxylic acids is 1. The Bertz CT molecular complexity index is 377. The lowest BCUT2D eigenvalue weighted by Crippen LogP contribution is -2.52. The maximum Gasteiger partial charge on any atom is 0.328 e. The zero-order chi connectivity index (χ0) is 13.6. The Balaban J connectivity index is 3.06. The van der Waals surface area contributed by atoms with Crippen molar-refractivity contribution in [2.24, 2.45) is 0 Å². The summed E-state index contributed by atoms with van der Waals surface area (Å²) in [5.74, 6) is -0.806. The number of hydrogen-bond acceptors (Lipinski definition) is 2. The summed E-state index contributed by atoms with van der Waals surface area (Å²) in [7, 11) is 0. The monoisotopic (exact) mass is 249 g/mol. The van der Waals surface area contributed by atoms with Gasteiger partial charge in [-0.15, -0.1) is 0 Å². The molecule has 0 heterocycles. The minimum absolute atomic E-state index is 0.186. The zero-order valence-corrected chi connectivity index (χ0v) is 11.4. The Hall–Kier alpha value is -1.35. The second-order valence-corrected chi connectivity index (χ2v) is 4.76. The Morgan fingerprint density at radius 2 is 1.94 bits per heavy atom. The van der Waals surface area contributed by atoms with Crippen molar-refractivity contribution in [3.63, 3.8) is 0 Å². The molecule has 0 spiro atoms. The number of carbonyl (C=O) groups is 1. The fraction of sp³-hybridized carbons (Fsp3) is 0.533. The van der Waals surface area contributed by atoms with Gasteiger partial charge in [0.25, 0.3) is 0 Å². The van der Waals surface area contributed by atoms with E-state index >= 15 is 0 Å². The van der Waals surface area contributed by atoms with Crippen LogP contribution in [-0.4, -0.2) is 17.1 Å². The van der Waals surface area contributed by atoms with E-state index in [-0.39, 0.29) is 6.04 Å². The van der Waals surface area contributed by atoms with E-state index in [9.17, 15) is 9.90 Å². The van der Waals surface area contributed by atoms with E-state index in [0.717, 1.165) is 18.4 Å². The third kappa shape index (κ3) is 3.10. The van der Waals surface area contributed by atoms with Gasteiger partial charge < -0.3 is 5.11 Å². The zero-order valence-electron chi connectivity index (χ0n) is 11.4. The lowest BCUT2D eigenvalue weighted by Gasteiger charge is -2.33. The number of nitrogens with one attached hydrogen (secondary N) is 1. The SMILES string of the molecule is CCCC(C)NC(CC)(C(=O)O)c1ccccc1. The average Bonchev–Trinajstić information content (AvgIpc) is 2.37. The van der Waals surface area contributed by atoms with Crippen LogP contribution in [0.25, 0.3) is 0 Å². The molecule has 0 radical (unpaired) electrons. The van der Waals surface area contributed by atoms with Crippen molar-refractivity contribution in [2.75, 3.05) is 0 Å². The molecular weight excluding hydrogens is 226 g/mol. The van der Waals surface area contributed by atoms with Gasteiger partial charge >= 0.3 is 5.97 Å². The maximum atomic E-state index is 11.7. The van der Waals surface area contributed by atoms with Gasteiger partial charge in [0.1, 0.15) is 5.54 Å². The summed E-state index contributed by atoms with van der Waals surface area (Å²) < 4.78 is 0. The van der Waals surface area contributed by atoms with E-state index < -0.39 is 11.5 Å². The molecule has 3 nitrogen and oxygen atoms in total. The Morgan fingerprint density at radius 3 is 2.39 bits per heavy atom. The Kier molecular flexibility index (Phi) is 5.35. The van der Waals surface area contributed by atoms with Gasteiger partial charge in [-0.05, 0) is 25.3 Å². The van der Waals surface area contributed by atoms with Gasteiger partial charge in [0.2, 0.25) is 0 Å². The Morgan fingerprint density at radius 1 is 1.33 bits per heavy atom. The summed E-state index contributed by atoms with van der Waals surface area (Å²) in [6.07, 6.45) is 2.55. The van der Waals surface area contributed by atoms with Gasteiger partial charge in [-0.3, -0.25) is 5.32 Å². The highest BCUT2D eigenvalue weighted by molar-refractivity contribution is 5.80. The summed E-state index contributed by atoms with van der Waals surface area (Å²) >= 11 is 0. The van der Waals surface area contributed by atoms with Gasteiger partial charge in [0, 0.05) is 6.04 Å². The molecule has 0 saturated heterocycles. The molecule has 0 aliphatic rings. The number of rotatable bonds is 7. The summed E-state index contributed by atoms with van der Waals surface area (Å²) in [5, 5.41) is 12.9. The number of benzene rings is 1. The van der Waals surface area contributed by atoms with Gasteiger partial charge in [-0.2, -0.15) is 0 Å². The normalized spacial score (nSPS) is 15.9. The van der Waals surface area contributed by atoms with Crippen LogP contribution in [0.15, 0.2) is 30.3 Å². The fourth-order valence-electron chi connectivity index (χ4n) is 2.37. The largest absolute Gasteiger partial charge is 0.480 e. The second kappa shape index (κ2) is 6.55. The molecule has 3 heteroatoms. The summed E-state index contributed by atoms with van der Waals surface area (Å²) in [5.41, 5.74) is -0.154. The third-order valence-electron chi connectivity index (χ3n) is 3.38.